The van der Waals surface area contributed by atoms with Crippen LogP contribution in [-0.2, 0) is 16.0 Å². The molecule has 0 aromatic heterocycles. The number of carbonyl (C=O) groups is 1. The fraction of sp³-hybridized carbons (Fsp3) is 0.591. The lowest BCUT2D eigenvalue weighted by Crippen LogP contribution is -2.58. The fourth-order valence-corrected chi connectivity index (χ4v) is 3.98. The van der Waals surface area contributed by atoms with Gasteiger partial charge in [0.25, 0.3) is 0 Å². The molecule has 2 aliphatic rings. The second kappa shape index (κ2) is 8.03. The Bertz CT molecular complexity index is 645. The summed E-state index contributed by atoms with van der Waals surface area (Å²) >= 11 is 0. The third-order valence-electron chi connectivity index (χ3n) is 5.24. The molecular weight excluding hydrogens is 340 g/mol. The Morgan fingerprint density at radius 1 is 1.37 bits per heavy atom. The topological polar surface area (TPSA) is 42.0 Å². The number of nitrogens with zero attached hydrogens (tertiary/aromatic N) is 2. The molecule has 3 rings (SSSR count). The van der Waals surface area contributed by atoms with Gasteiger partial charge >= 0.3 is 6.09 Å². The molecule has 5 heteroatoms. The molecule has 148 valence electrons. The zero-order chi connectivity index (χ0) is 19.5. The van der Waals surface area contributed by atoms with Crippen molar-refractivity contribution in [2.45, 2.75) is 51.4 Å². The quantitative estimate of drug-likeness (QED) is 0.751. The van der Waals surface area contributed by atoms with Gasteiger partial charge in [-0.25, -0.2) is 4.79 Å². The van der Waals surface area contributed by atoms with E-state index < -0.39 is 5.60 Å². The molecule has 2 fully saturated rings. The number of benzene rings is 1. The highest BCUT2D eigenvalue weighted by Crippen LogP contribution is 2.36. The minimum absolute atomic E-state index is 0.218. The molecule has 1 amide bonds. The molecule has 0 N–H and O–H groups in total. The third kappa shape index (κ3) is 5.33. The van der Waals surface area contributed by atoms with E-state index in [-0.39, 0.29) is 18.4 Å². The molecular formula is C22H32N2O3. The predicted molar refractivity (Wildman–Crippen MR) is 106 cm³/mol. The smallest absolute Gasteiger partial charge is 0.412 e. The van der Waals surface area contributed by atoms with E-state index in [2.05, 4.69) is 35.7 Å². The maximum atomic E-state index is 12.3. The number of amides is 1. The van der Waals surface area contributed by atoms with E-state index in [4.69, 9.17) is 9.47 Å². The molecule has 2 aliphatic heterocycles. The van der Waals surface area contributed by atoms with Crippen molar-refractivity contribution in [1.82, 2.24) is 9.80 Å². The second-order valence-electron chi connectivity index (χ2n) is 8.81. The highest BCUT2D eigenvalue weighted by molar-refractivity contribution is 5.68. The van der Waals surface area contributed by atoms with Crippen molar-refractivity contribution in [2.75, 3.05) is 26.4 Å². The van der Waals surface area contributed by atoms with Gasteiger partial charge in [-0.1, -0.05) is 36.4 Å². The van der Waals surface area contributed by atoms with E-state index in [1.54, 1.807) is 4.90 Å². The van der Waals surface area contributed by atoms with Crippen molar-refractivity contribution in [3.8, 4) is 0 Å². The minimum atomic E-state index is -0.489. The minimum Gasteiger partial charge on any atom is -0.444 e. The van der Waals surface area contributed by atoms with Crippen LogP contribution in [0.3, 0.4) is 0 Å². The first kappa shape index (κ1) is 19.9. The SMILES string of the molecule is C=CC1CN(Cc2ccccc2)CC2(CCN(C(=O)OC(C)(C)C)CO2)C1. The number of piperidine rings is 1. The summed E-state index contributed by atoms with van der Waals surface area (Å²) in [5, 5.41) is 0. The second-order valence-corrected chi connectivity index (χ2v) is 8.81. The number of hydrogen-bond acceptors (Lipinski definition) is 4. The van der Waals surface area contributed by atoms with Crippen LogP contribution < -0.4 is 0 Å². The van der Waals surface area contributed by atoms with Crippen molar-refractivity contribution < 1.29 is 14.3 Å². The van der Waals surface area contributed by atoms with Crippen molar-refractivity contribution in [3.05, 3.63) is 48.6 Å². The molecule has 2 heterocycles. The first-order valence-electron chi connectivity index (χ1n) is 9.79. The Morgan fingerprint density at radius 2 is 2.11 bits per heavy atom. The summed E-state index contributed by atoms with van der Waals surface area (Å²) in [6, 6.07) is 10.5. The average Bonchev–Trinajstić information content (AvgIpc) is 2.61. The van der Waals surface area contributed by atoms with Crippen molar-refractivity contribution in [3.63, 3.8) is 0 Å². The van der Waals surface area contributed by atoms with Gasteiger partial charge in [0.1, 0.15) is 12.3 Å². The van der Waals surface area contributed by atoms with Gasteiger partial charge in [-0.05, 0) is 45.1 Å². The number of carbonyl (C=O) groups excluding carboxylic acids is 1. The zero-order valence-corrected chi connectivity index (χ0v) is 16.8. The maximum Gasteiger partial charge on any atom is 0.412 e. The lowest BCUT2D eigenvalue weighted by molar-refractivity contribution is -0.166. The summed E-state index contributed by atoms with van der Waals surface area (Å²) in [7, 11) is 0. The van der Waals surface area contributed by atoms with E-state index in [1.165, 1.54) is 5.56 Å². The van der Waals surface area contributed by atoms with E-state index in [1.807, 2.05) is 32.9 Å². The Balaban J connectivity index is 1.63. The molecule has 0 bridgehead atoms. The number of ether oxygens (including phenoxy) is 2. The molecule has 2 saturated heterocycles. The molecule has 27 heavy (non-hydrogen) atoms. The third-order valence-corrected chi connectivity index (χ3v) is 5.24. The van der Waals surface area contributed by atoms with Crippen molar-refractivity contribution in [1.29, 1.82) is 0 Å². The van der Waals surface area contributed by atoms with E-state index in [0.29, 0.717) is 12.5 Å². The Hall–Kier alpha value is -1.85. The van der Waals surface area contributed by atoms with E-state index in [0.717, 1.165) is 32.5 Å². The summed E-state index contributed by atoms with van der Waals surface area (Å²) < 4.78 is 11.8. The van der Waals surface area contributed by atoms with Crippen molar-refractivity contribution in [2.24, 2.45) is 5.92 Å². The standard InChI is InChI=1S/C22H32N2O3/c1-5-18-13-22(16-23(14-18)15-19-9-7-6-8-10-19)11-12-24(17-26-22)20(25)27-21(2,3)4/h5-10,18H,1,11-17H2,2-4H3. The van der Waals surface area contributed by atoms with Gasteiger partial charge in [0.05, 0.1) is 5.60 Å². The Kier molecular flexibility index (Phi) is 5.92. The Labute approximate surface area is 162 Å². The molecule has 0 saturated carbocycles. The normalized spacial score (nSPS) is 26.8. The van der Waals surface area contributed by atoms with E-state index >= 15 is 0 Å². The highest BCUT2D eigenvalue weighted by Gasteiger charge is 2.43. The van der Waals surface area contributed by atoms with Gasteiger partial charge in [0, 0.05) is 26.2 Å². The summed E-state index contributed by atoms with van der Waals surface area (Å²) in [5.41, 5.74) is 0.602. The first-order chi connectivity index (χ1) is 12.8. The largest absolute Gasteiger partial charge is 0.444 e. The molecule has 0 aliphatic carbocycles. The molecule has 2 unspecified atom stereocenters. The van der Waals surface area contributed by atoms with E-state index in [9.17, 15) is 4.79 Å². The van der Waals surface area contributed by atoms with Crippen LogP contribution in [0.2, 0.25) is 0 Å². The molecule has 2 atom stereocenters. The lowest BCUT2D eigenvalue weighted by atomic mass is 9.82. The summed E-state index contributed by atoms with van der Waals surface area (Å²) in [6.07, 6.45) is 3.53. The van der Waals surface area contributed by atoms with Crippen molar-refractivity contribution >= 4 is 6.09 Å². The van der Waals surface area contributed by atoms with Crippen LogP contribution in [0.5, 0.6) is 0 Å². The van der Waals surface area contributed by atoms with Crippen LogP contribution in [0.25, 0.3) is 0 Å². The maximum absolute atomic E-state index is 12.3. The van der Waals surface area contributed by atoms with Gasteiger partial charge < -0.3 is 9.47 Å². The summed E-state index contributed by atoms with van der Waals surface area (Å²) in [6.45, 7) is 13.4. The van der Waals surface area contributed by atoms with Gasteiger partial charge in [-0.15, -0.1) is 6.58 Å². The zero-order valence-electron chi connectivity index (χ0n) is 16.8. The monoisotopic (exact) mass is 372 g/mol. The number of rotatable bonds is 3. The van der Waals surface area contributed by atoms with Gasteiger partial charge in [0.2, 0.25) is 0 Å². The summed E-state index contributed by atoms with van der Waals surface area (Å²) in [5.74, 6) is 0.399. The fourth-order valence-electron chi connectivity index (χ4n) is 3.98. The number of hydrogen-bond donors (Lipinski definition) is 0. The van der Waals surface area contributed by atoms with Crippen LogP contribution in [0.1, 0.15) is 39.2 Å². The lowest BCUT2D eigenvalue weighted by Gasteiger charge is -2.49. The Morgan fingerprint density at radius 3 is 2.70 bits per heavy atom. The molecule has 1 aromatic carbocycles. The van der Waals surface area contributed by atoms with Crippen LogP contribution in [-0.4, -0.2) is 53.5 Å². The van der Waals surface area contributed by atoms with Crippen LogP contribution >= 0.6 is 0 Å². The summed E-state index contributed by atoms with van der Waals surface area (Å²) in [4.78, 5) is 16.4. The first-order valence-corrected chi connectivity index (χ1v) is 9.79. The van der Waals surface area contributed by atoms with Crippen LogP contribution in [0, 0.1) is 5.92 Å². The highest BCUT2D eigenvalue weighted by atomic mass is 16.6. The molecule has 0 radical (unpaired) electrons. The molecule has 1 spiro atoms. The number of likely N-dealkylation sites (tertiary alicyclic amines) is 1. The van der Waals surface area contributed by atoms with Gasteiger partial charge in [-0.3, -0.25) is 9.80 Å². The predicted octanol–water partition coefficient (Wildman–Crippen LogP) is 4.05. The average molecular weight is 373 g/mol. The van der Waals surface area contributed by atoms with Gasteiger partial charge in [0.15, 0.2) is 0 Å². The molecule has 1 aromatic rings. The molecule has 5 nitrogen and oxygen atoms in total. The van der Waals surface area contributed by atoms with Gasteiger partial charge in [-0.2, -0.15) is 0 Å². The van der Waals surface area contributed by atoms with Crippen LogP contribution in [0.15, 0.2) is 43.0 Å². The van der Waals surface area contributed by atoms with Crippen LogP contribution in [0.4, 0.5) is 4.79 Å².